The van der Waals surface area contributed by atoms with Gasteiger partial charge < -0.3 is 9.64 Å². The molecular weight excluding hydrogens is 385 g/mol. The van der Waals surface area contributed by atoms with Crippen LogP contribution in [-0.4, -0.2) is 53.1 Å². The molecule has 3 rings (SSSR count). The van der Waals surface area contributed by atoms with Crippen LogP contribution in [-0.2, 0) is 22.3 Å². The smallest absolute Gasteiger partial charge is 0.434 e. The summed E-state index contributed by atoms with van der Waals surface area (Å²) in [6, 6.07) is 9.70. The number of rotatable bonds is 6. The largest absolute Gasteiger partial charge is 0.466 e. The molecular formula is C20H23F3N4O2. The molecule has 0 saturated carbocycles. The van der Waals surface area contributed by atoms with Crippen LogP contribution in [0.5, 0.6) is 0 Å². The first-order valence-corrected chi connectivity index (χ1v) is 9.44. The number of benzene rings is 1. The molecule has 0 aliphatic carbocycles. The molecule has 9 heteroatoms. The van der Waals surface area contributed by atoms with Gasteiger partial charge in [0, 0.05) is 26.2 Å². The standard InChI is InChI=1S/C20H23F3N4O2/c1-2-29-19(28)10-16-14-26(13-15-6-4-3-5-7-15)8-9-27(16)18-12-24-17(11-25-18)20(21,22)23/h3-7,11-12,16H,2,8-10,13-14H2,1H3/t16-/m0/s1. The van der Waals surface area contributed by atoms with Crippen molar-refractivity contribution in [3.05, 3.63) is 54.0 Å². The highest BCUT2D eigenvalue weighted by atomic mass is 19.4. The minimum Gasteiger partial charge on any atom is -0.466 e. The van der Waals surface area contributed by atoms with E-state index in [0.717, 1.165) is 24.5 Å². The van der Waals surface area contributed by atoms with Crippen LogP contribution >= 0.6 is 0 Å². The number of alkyl halides is 3. The van der Waals surface area contributed by atoms with E-state index in [1.54, 1.807) is 6.92 Å². The number of carbonyl (C=O) groups is 1. The van der Waals surface area contributed by atoms with E-state index >= 15 is 0 Å². The predicted octanol–water partition coefficient (Wildman–Crippen LogP) is 3.14. The SMILES string of the molecule is CCOC(=O)C[C@H]1CN(Cc2ccccc2)CCN1c1cnc(C(F)(F)F)cn1. The van der Waals surface area contributed by atoms with Crippen LogP contribution in [0.1, 0.15) is 24.6 Å². The maximum absolute atomic E-state index is 12.8. The van der Waals surface area contributed by atoms with Gasteiger partial charge in [-0.1, -0.05) is 30.3 Å². The van der Waals surface area contributed by atoms with Crippen LogP contribution in [0.15, 0.2) is 42.7 Å². The van der Waals surface area contributed by atoms with Gasteiger partial charge in [0.05, 0.1) is 31.5 Å². The average molecular weight is 408 g/mol. The molecule has 6 nitrogen and oxygen atoms in total. The van der Waals surface area contributed by atoms with Gasteiger partial charge in [0.25, 0.3) is 0 Å². The third kappa shape index (κ3) is 5.66. The Morgan fingerprint density at radius 2 is 1.93 bits per heavy atom. The molecule has 0 N–H and O–H groups in total. The highest BCUT2D eigenvalue weighted by Gasteiger charge is 2.34. The maximum atomic E-state index is 12.8. The maximum Gasteiger partial charge on any atom is 0.434 e. The second kappa shape index (κ2) is 9.21. The minimum atomic E-state index is -4.54. The number of aromatic nitrogens is 2. The fourth-order valence-corrected chi connectivity index (χ4v) is 3.41. The van der Waals surface area contributed by atoms with Gasteiger partial charge in [-0.2, -0.15) is 13.2 Å². The van der Waals surface area contributed by atoms with E-state index in [1.807, 2.05) is 35.2 Å². The van der Waals surface area contributed by atoms with Gasteiger partial charge >= 0.3 is 12.1 Å². The third-order valence-corrected chi connectivity index (χ3v) is 4.75. The molecule has 2 heterocycles. The summed E-state index contributed by atoms with van der Waals surface area (Å²) in [5.41, 5.74) is 0.121. The van der Waals surface area contributed by atoms with Gasteiger partial charge in [0.2, 0.25) is 0 Å². The summed E-state index contributed by atoms with van der Waals surface area (Å²) in [5, 5.41) is 0. The molecule has 156 valence electrons. The number of esters is 1. The second-order valence-electron chi connectivity index (χ2n) is 6.83. The Kier molecular flexibility index (Phi) is 6.68. The minimum absolute atomic E-state index is 0.127. The molecule has 0 bridgehead atoms. The lowest BCUT2D eigenvalue weighted by Gasteiger charge is -2.41. The summed E-state index contributed by atoms with van der Waals surface area (Å²) < 4.78 is 43.4. The van der Waals surface area contributed by atoms with Crippen molar-refractivity contribution in [1.29, 1.82) is 0 Å². The number of piperazine rings is 1. The van der Waals surface area contributed by atoms with Crippen molar-refractivity contribution >= 4 is 11.8 Å². The van der Waals surface area contributed by atoms with E-state index in [1.165, 1.54) is 0 Å². The van der Waals surface area contributed by atoms with Crippen LogP contribution in [0.4, 0.5) is 19.0 Å². The second-order valence-corrected chi connectivity index (χ2v) is 6.83. The molecule has 0 unspecified atom stereocenters. The zero-order valence-corrected chi connectivity index (χ0v) is 16.1. The van der Waals surface area contributed by atoms with Gasteiger partial charge in [-0.25, -0.2) is 9.97 Å². The molecule has 29 heavy (non-hydrogen) atoms. The van der Waals surface area contributed by atoms with Crippen molar-refractivity contribution in [2.24, 2.45) is 0 Å². The Morgan fingerprint density at radius 1 is 1.17 bits per heavy atom. The third-order valence-electron chi connectivity index (χ3n) is 4.75. The van der Waals surface area contributed by atoms with Crippen LogP contribution in [0.25, 0.3) is 0 Å². The average Bonchev–Trinajstić information content (AvgIpc) is 2.69. The highest BCUT2D eigenvalue weighted by Crippen LogP contribution is 2.28. The lowest BCUT2D eigenvalue weighted by atomic mass is 10.1. The Balaban J connectivity index is 1.75. The van der Waals surface area contributed by atoms with Crippen LogP contribution in [0.2, 0.25) is 0 Å². The number of hydrogen-bond acceptors (Lipinski definition) is 6. The lowest BCUT2D eigenvalue weighted by Crippen LogP contribution is -2.54. The molecule has 0 spiro atoms. The quantitative estimate of drug-likeness (QED) is 0.685. The summed E-state index contributed by atoms with van der Waals surface area (Å²) in [7, 11) is 0. The lowest BCUT2D eigenvalue weighted by molar-refractivity contribution is -0.143. The van der Waals surface area contributed by atoms with Gasteiger partial charge in [-0.15, -0.1) is 0 Å². The normalized spacial score (nSPS) is 17.9. The van der Waals surface area contributed by atoms with Crippen LogP contribution < -0.4 is 4.90 Å². The van der Waals surface area contributed by atoms with Crippen molar-refractivity contribution in [1.82, 2.24) is 14.9 Å². The van der Waals surface area contributed by atoms with Crippen molar-refractivity contribution in [3.63, 3.8) is 0 Å². The van der Waals surface area contributed by atoms with Gasteiger partial charge in [0.1, 0.15) is 5.82 Å². The zero-order valence-electron chi connectivity index (χ0n) is 16.1. The first kappa shape index (κ1) is 21.0. The van der Waals surface area contributed by atoms with Crippen molar-refractivity contribution < 1.29 is 22.7 Å². The van der Waals surface area contributed by atoms with E-state index in [2.05, 4.69) is 14.9 Å². The van der Waals surface area contributed by atoms with Gasteiger partial charge in [-0.05, 0) is 12.5 Å². The number of ether oxygens (including phenoxy) is 1. The Labute approximate surface area is 167 Å². The van der Waals surface area contributed by atoms with Crippen LogP contribution in [0, 0.1) is 0 Å². The highest BCUT2D eigenvalue weighted by molar-refractivity contribution is 5.71. The molecule has 0 radical (unpaired) electrons. The molecule has 1 aromatic carbocycles. The van der Waals surface area contributed by atoms with Crippen LogP contribution in [0.3, 0.4) is 0 Å². The number of hydrogen-bond donors (Lipinski definition) is 0. The van der Waals surface area contributed by atoms with E-state index in [0.29, 0.717) is 25.5 Å². The summed E-state index contributed by atoms with van der Waals surface area (Å²) in [4.78, 5) is 23.6. The Bertz CT molecular complexity index is 800. The number of carbonyl (C=O) groups excluding carboxylic acids is 1. The fourth-order valence-electron chi connectivity index (χ4n) is 3.41. The Hall–Kier alpha value is -2.68. The van der Waals surface area contributed by atoms with Gasteiger partial charge in [-0.3, -0.25) is 9.69 Å². The van der Waals surface area contributed by atoms with Crippen molar-refractivity contribution in [2.45, 2.75) is 32.1 Å². The van der Waals surface area contributed by atoms with Crippen molar-refractivity contribution in [3.8, 4) is 0 Å². The molecule has 2 aromatic rings. The summed E-state index contributed by atoms with van der Waals surface area (Å²) >= 11 is 0. The Morgan fingerprint density at radius 3 is 2.55 bits per heavy atom. The number of anilines is 1. The van der Waals surface area contributed by atoms with E-state index in [4.69, 9.17) is 4.74 Å². The molecule has 1 fully saturated rings. The molecule has 1 saturated heterocycles. The van der Waals surface area contributed by atoms with Crippen molar-refractivity contribution in [2.75, 3.05) is 31.1 Å². The zero-order chi connectivity index (χ0) is 20.9. The van der Waals surface area contributed by atoms with Gasteiger partial charge in [0.15, 0.2) is 5.69 Å². The summed E-state index contributed by atoms with van der Waals surface area (Å²) in [5.74, 6) is -0.0180. The number of halogens is 3. The topological polar surface area (TPSA) is 58.6 Å². The first-order chi connectivity index (χ1) is 13.9. The summed E-state index contributed by atoms with van der Waals surface area (Å²) in [6.45, 7) is 4.52. The van der Waals surface area contributed by atoms with E-state index in [-0.39, 0.29) is 25.0 Å². The predicted molar refractivity (Wildman–Crippen MR) is 101 cm³/mol. The molecule has 0 amide bonds. The molecule has 1 aliphatic rings. The number of nitrogens with zero attached hydrogens (tertiary/aromatic N) is 4. The molecule has 1 atom stereocenters. The van der Waals surface area contributed by atoms with E-state index in [9.17, 15) is 18.0 Å². The summed E-state index contributed by atoms with van der Waals surface area (Å²) in [6.07, 6.45) is -2.56. The first-order valence-electron chi connectivity index (χ1n) is 9.44. The molecule has 1 aliphatic heterocycles. The molecule has 1 aromatic heterocycles. The fraction of sp³-hybridized carbons (Fsp3) is 0.450. The van der Waals surface area contributed by atoms with E-state index < -0.39 is 11.9 Å². The monoisotopic (exact) mass is 408 g/mol.